The lowest BCUT2D eigenvalue weighted by atomic mass is 9.79. The summed E-state index contributed by atoms with van der Waals surface area (Å²) in [5, 5.41) is 4.38. The highest BCUT2D eigenvalue weighted by Crippen LogP contribution is 2.28. The standard InChI is InChI=1S/C15H26N4O.2ClH/c1-10-12(11(2)18(5)17-10)8-14(20)19-7-6-13(16)15(3,4)9-19;;/h13H,6-9,16H2,1-5H3;2*1H. The minimum Gasteiger partial charge on any atom is -0.342 e. The van der Waals surface area contributed by atoms with Crippen LogP contribution in [-0.4, -0.2) is 39.7 Å². The van der Waals surface area contributed by atoms with Crippen molar-refractivity contribution in [2.75, 3.05) is 13.1 Å². The summed E-state index contributed by atoms with van der Waals surface area (Å²) in [6, 6.07) is 0.174. The average Bonchev–Trinajstić information content (AvgIpc) is 2.59. The maximum Gasteiger partial charge on any atom is 0.227 e. The number of nitrogens with zero attached hydrogens (tertiary/aromatic N) is 3. The molecule has 2 rings (SSSR count). The summed E-state index contributed by atoms with van der Waals surface area (Å²) in [5.41, 5.74) is 9.20. The number of amides is 1. The average molecular weight is 351 g/mol. The fourth-order valence-corrected chi connectivity index (χ4v) is 2.92. The molecule has 0 aromatic carbocycles. The van der Waals surface area contributed by atoms with Gasteiger partial charge in [0, 0.05) is 37.4 Å². The zero-order chi connectivity index (χ0) is 15.1. The maximum atomic E-state index is 12.5. The van der Waals surface area contributed by atoms with Crippen molar-refractivity contribution < 1.29 is 4.79 Å². The number of aromatic nitrogens is 2. The fraction of sp³-hybridized carbons (Fsp3) is 0.733. The van der Waals surface area contributed by atoms with Gasteiger partial charge in [0.05, 0.1) is 12.1 Å². The first kappa shape index (κ1) is 21.2. The molecule has 1 aromatic heterocycles. The van der Waals surface area contributed by atoms with Gasteiger partial charge in [-0.2, -0.15) is 5.10 Å². The lowest BCUT2D eigenvalue weighted by molar-refractivity contribution is -0.133. The van der Waals surface area contributed by atoms with Gasteiger partial charge in [-0.05, 0) is 25.7 Å². The summed E-state index contributed by atoms with van der Waals surface area (Å²) < 4.78 is 1.84. The third-order valence-corrected chi connectivity index (χ3v) is 4.65. The lowest BCUT2D eigenvalue weighted by Crippen LogP contribution is -2.54. The molecule has 0 bridgehead atoms. The monoisotopic (exact) mass is 350 g/mol. The van der Waals surface area contributed by atoms with Crippen molar-refractivity contribution >= 4 is 30.7 Å². The van der Waals surface area contributed by atoms with Crippen LogP contribution in [0.5, 0.6) is 0 Å². The van der Waals surface area contributed by atoms with Gasteiger partial charge in [-0.25, -0.2) is 0 Å². The Balaban J connectivity index is 0.00000220. The van der Waals surface area contributed by atoms with E-state index >= 15 is 0 Å². The van der Waals surface area contributed by atoms with Crippen molar-refractivity contribution in [1.82, 2.24) is 14.7 Å². The summed E-state index contributed by atoms with van der Waals surface area (Å²) in [5.74, 6) is 0.184. The normalized spacial score (nSPS) is 20.1. The Bertz CT molecular complexity index is 528. The summed E-state index contributed by atoms with van der Waals surface area (Å²) in [6.45, 7) is 9.76. The minimum atomic E-state index is -0.00701. The first-order valence-corrected chi connectivity index (χ1v) is 7.25. The molecule has 128 valence electrons. The number of aryl methyl sites for hydroxylation is 2. The first-order valence-electron chi connectivity index (χ1n) is 7.25. The van der Waals surface area contributed by atoms with Crippen LogP contribution in [0.4, 0.5) is 0 Å². The number of carbonyl (C=O) groups excluding carboxylic acids is 1. The Kier molecular flexibility index (Phi) is 7.39. The molecule has 1 aliphatic heterocycles. The molecule has 1 amide bonds. The smallest absolute Gasteiger partial charge is 0.227 e. The zero-order valence-electron chi connectivity index (χ0n) is 14.0. The highest BCUT2D eigenvalue weighted by atomic mass is 35.5. The predicted octanol–water partition coefficient (Wildman–Crippen LogP) is 2.01. The van der Waals surface area contributed by atoms with Gasteiger partial charge in [-0.1, -0.05) is 13.8 Å². The van der Waals surface area contributed by atoms with Gasteiger partial charge in [-0.15, -0.1) is 24.8 Å². The van der Waals surface area contributed by atoms with Crippen molar-refractivity contribution in [3.63, 3.8) is 0 Å². The maximum absolute atomic E-state index is 12.5. The van der Waals surface area contributed by atoms with Crippen LogP contribution in [0.2, 0.25) is 0 Å². The van der Waals surface area contributed by atoms with Gasteiger partial charge in [-0.3, -0.25) is 9.48 Å². The molecule has 1 aliphatic rings. The van der Waals surface area contributed by atoms with Gasteiger partial charge < -0.3 is 10.6 Å². The molecule has 2 heterocycles. The quantitative estimate of drug-likeness (QED) is 0.887. The molecule has 1 saturated heterocycles. The number of piperidine rings is 1. The molecule has 0 spiro atoms. The number of carbonyl (C=O) groups is 1. The lowest BCUT2D eigenvalue weighted by Gasteiger charge is -2.42. The number of halogens is 2. The van der Waals surface area contributed by atoms with Crippen LogP contribution in [-0.2, 0) is 18.3 Å². The number of hydrogen-bond acceptors (Lipinski definition) is 3. The van der Waals surface area contributed by atoms with E-state index in [-0.39, 0.29) is 42.2 Å². The van der Waals surface area contributed by atoms with Gasteiger partial charge in [0.1, 0.15) is 0 Å². The van der Waals surface area contributed by atoms with E-state index in [0.29, 0.717) is 6.42 Å². The minimum absolute atomic E-state index is 0. The van der Waals surface area contributed by atoms with Crippen molar-refractivity contribution in [3.05, 3.63) is 17.0 Å². The van der Waals surface area contributed by atoms with E-state index in [4.69, 9.17) is 5.73 Å². The van der Waals surface area contributed by atoms with Crippen molar-refractivity contribution in [3.8, 4) is 0 Å². The molecule has 0 aliphatic carbocycles. The molecule has 0 radical (unpaired) electrons. The molecule has 1 aromatic rings. The van der Waals surface area contributed by atoms with Crippen LogP contribution < -0.4 is 5.73 Å². The third kappa shape index (κ3) is 4.15. The molecule has 2 N–H and O–H groups in total. The third-order valence-electron chi connectivity index (χ3n) is 4.65. The van der Waals surface area contributed by atoms with Crippen LogP contribution >= 0.6 is 24.8 Å². The van der Waals surface area contributed by atoms with E-state index in [1.807, 2.05) is 30.5 Å². The second kappa shape index (κ2) is 7.66. The molecule has 5 nitrogen and oxygen atoms in total. The van der Waals surface area contributed by atoms with Crippen LogP contribution in [0.25, 0.3) is 0 Å². The van der Waals surface area contributed by atoms with E-state index in [9.17, 15) is 4.79 Å². The van der Waals surface area contributed by atoms with Crippen LogP contribution in [0, 0.1) is 19.3 Å². The van der Waals surface area contributed by atoms with Crippen LogP contribution in [0.3, 0.4) is 0 Å². The van der Waals surface area contributed by atoms with E-state index in [1.165, 1.54) is 0 Å². The molecule has 0 saturated carbocycles. The molecule has 7 heteroatoms. The van der Waals surface area contributed by atoms with Crippen molar-refractivity contribution in [2.24, 2.45) is 18.2 Å². The van der Waals surface area contributed by atoms with E-state index in [1.54, 1.807) is 0 Å². The number of rotatable bonds is 2. The molecule has 22 heavy (non-hydrogen) atoms. The van der Waals surface area contributed by atoms with Gasteiger partial charge in [0.25, 0.3) is 0 Å². The topological polar surface area (TPSA) is 64.2 Å². The Labute approximate surface area is 145 Å². The summed E-state index contributed by atoms with van der Waals surface area (Å²) in [4.78, 5) is 14.5. The molecular weight excluding hydrogens is 323 g/mol. The predicted molar refractivity (Wildman–Crippen MR) is 93.8 cm³/mol. The fourth-order valence-electron chi connectivity index (χ4n) is 2.92. The number of hydrogen-bond donors (Lipinski definition) is 1. The van der Waals surface area contributed by atoms with E-state index in [2.05, 4.69) is 18.9 Å². The summed E-state index contributed by atoms with van der Waals surface area (Å²) in [6.07, 6.45) is 1.32. The summed E-state index contributed by atoms with van der Waals surface area (Å²) in [7, 11) is 1.92. The van der Waals surface area contributed by atoms with E-state index < -0.39 is 0 Å². The Hall–Kier alpha value is -0.780. The molecule has 1 unspecified atom stereocenters. The second-order valence-electron chi connectivity index (χ2n) is 6.65. The second-order valence-corrected chi connectivity index (χ2v) is 6.65. The highest BCUT2D eigenvalue weighted by molar-refractivity contribution is 5.85. The first-order chi connectivity index (χ1) is 9.22. The van der Waals surface area contributed by atoms with Crippen LogP contribution in [0.15, 0.2) is 0 Å². The van der Waals surface area contributed by atoms with Gasteiger partial charge in [0.2, 0.25) is 5.91 Å². The number of likely N-dealkylation sites (tertiary alicyclic amines) is 1. The summed E-state index contributed by atoms with van der Waals surface area (Å²) >= 11 is 0. The Morgan fingerprint density at radius 1 is 1.36 bits per heavy atom. The van der Waals surface area contributed by atoms with Crippen molar-refractivity contribution in [1.29, 1.82) is 0 Å². The zero-order valence-corrected chi connectivity index (χ0v) is 15.7. The molecular formula is C15H28Cl2N4O. The molecule has 1 fully saturated rings. The molecule has 1 atom stereocenters. The SMILES string of the molecule is Cc1nn(C)c(C)c1CC(=O)N1CCC(N)C(C)(C)C1.Cl.Cl. The van der Waals surface area contributed by atoms with Crippen molar-refractivity contribution in [2.45, 2.75) is 46.6 Å². The van der Waals surface area contributed by atoms with Crippen LogP contribution in [0.1, 0.15) is 37.2 Å². The van der Waals surface area contributed by atoms with Gasteiger partial charge >= 0.3 is 0 Å². The van der Waals surface area contributed by atoms with Gasteiger partial charge in [0.15, 0.2) is 0 Å². The Morgan fingerprint density at radius 3 is 2.41 bits per heavy atom. The van der Waals surface area contributed by atoms with E-state index in [0.717, 1.165) is 36.5 Å². The Morgan fingerprint density at radius 2 is 1.95 bits per heavy atom. The highest BCUT2D eigenvalue weighted by Gasteiger charge is 2.35. The largest absolute Gasteiger partial charge is 0.342 e. The number of nitrogens with two attached hydrogens (primary N) is 1.